The second kappa shape index (κ2) is 4.37. The van der Waals surface area contributed by atoms with Gasteiger partial charge in [0.1, 0.15) is 0 Å². The number of allylic oxidation sites excluding steroid dienone is 1. The molecule has 0 fully saturated rings. The Morgan fingerprint density at radius 2 is 2.12 bits per heavy atom. The van der Waals surface area contributed by atoms with Crippen LogP contribution in [0.4, 0.5) is 0 Å². The van der Waals surface area contributed by atoms with Gasteiger partial charge < -0.3 is 10.3 Å². The molecule has 2 N–H and O–H groups in total. The van der Waals surface area contributed by atoms with Gasteiger partial charge in [-0.25, -0.2) is 0 Å². The first-order chi connectivity index (χ1) is 8.09. The highest BCUT2D eigenvalue weighted by Gasteiger charge is 2.25. The summed E-state index contributed by atoms with van der Waals surface area (Å²) in [6.07, 6.45) is 5.09. The number of carbonyl (C=O) groups is 3. The number of rotatable bonds is 3. The molecule has 1 aromatic heterocycles. The molecule has 5 nitrogen and oxygen atoms in total. The van der Waals surface area contributed by atoms with Crippen molar-refractivity contribution in [2.24, 2.45) is 0 Å². The second-order valence-corrected chi connectivity index (χ2v) is 3.86. The topological polar surface area (TPSA) is 79.0 Å². The smallest absolute Gasteiger partial charge is 0.235 e. The number of H-pyrrole nitrogens is 1. The first kappa shape index (κ1) is 11.3. The van der Waals surface area contributed by atoms with Crippen LogP contribution in [-0.4, -0.2) is 29.0 Å². The number of hydrogen-bond donors (Lipinski definition) is 2. The Labute approximate surface area is 97.9 Å². The monoisotopic (exact) mass is 232 g/mol. The van der Waals surface area contributed by atoms with Gasteiger partial charge in [-0.1, -0.05) is 0 Å². The van der Waals surface area contributed by atoms with Crippen LogP contribution in [0.15, 0.2) is 12.3 Å². The molecule has 0 aliphatic heterocycles. The molecule has 0 unspecified atom stereocenters. The largest absolute Gasteiger partial charge is 0.361 e. The Morgan fingerprint density at radius 3 is 2.82 bits per heavy atom. The molecule has 88 valence electrons. The van der Waals surface area contributed by atoms with E-state index in [9.17, 15) is 14.4 Å². The molecule has 1 aliphatic rings. The van der Waals surface area contributed by atoms with Crippen molar-refractivity contribution in [3.8, 4) is 0 Å². The van der Waals surface area contributed by atoms with Gasteiger partial charge in [0, 0.05) is 25.4 Å². The van der Waals surface area contributed by atoms with Gasteiger partial charge in [0.05, 0.1) is 5.56 Å². The molecule has 1 aliphatic carbocycles. The average molecular weight is 232 g/mol. The molecule has 0 saturated carbocycles. The van der Waals surface area contributed by atoms with Crippen LogP contribution in [0.1, 0.15) is 28.5 Å². The van der Waals surface area contributed by atoms with E-state index in [0.29, 0.717) is 24.2 Å². The number of carbonyl (C=O) groups excluding carboxylic acids is 3. The fraction of sp³-hybridized carbons (Fsp3) is 0.250. The summed E-state index contributed by atoms with van der Waals surface area (Å²) in [6, 6.07) is 0. The van der Waals surface area contributed by atoms with E-state index < -0.39 is 11.6 Å². The lowest BCUT2D eigenvalue weighted by Crippen LogP contribution is -2.23. The number of Topliss-reactive ketones (excluding diaryl/α,β-unsaturated/α-hetero) is 1. The van der Waals surface area contributed by atoms with Crippen molar-refractivity contribution in [2.45, 2.75) is 13.3 Å². The molecule has 17 heavy (non-hydrogen) atoms. The molecule has 1 amide bonds. The quantitative estimate of drug-likeness (QED) is 0.743. The van der Waals surface area contributed by atoms with Crippen LogP contribution in [0, 0.1) is 0 Å². The Hall–Kier alpha value is -2.17. The Morgan fingerprint density at radius 1 is 1.35 bits per heavy atom. The van der Waals surface area contributed by atoms with Crippen molar-refractivity contribution in [3.05, 3.63) is 29.1 Å². The molecule has 0 saturated heterocycles. The van der Waals surface area contributed by atoms with E-state index in [4.69, 9.17) is 0 Å². The number of ketones is 2. The lowest BCUT2D eigenvalue weighted by molar-refractivity contribution is -0.119. The summed E-state index contributed by atoms with van der Waals surface area (Å²) in [5, 5.41) is 2.65. The fourth-order valence-electron chi connectivity index (χ4n) is 1.81. The highest BCUT2D eigenvalue weighted by molar-refractivity contribution is 6.50. The molecular weight excluding hydrogens is 220 g/mol. The molecule has 1 aromatic rings. The summed E-state index contributed by atoms with van der Waals surface area (Å²) >= 11 is 0. The van der Waals surface area contributed by atoms with Crippen LogP contribution in [-0.2, 0) is 16.0 Å². The summed E-state index contributed by atoms with van der Waals surface area (Å²) in [5.74, 6) is -1.10. The van der Waals surface area contributed by atoms with E-state index in [2.05, 4.69) is 10.3 Å². The summed E-state index contributed by atoms with van der Waals surface area (Å²) in [6.45, 7) is 1.88. The molecule has 0 aromatic carbocycles. The molecule has 5 heteroatoms. The van der Waals surface area contributed by atoms with Crippen molar-refractivity contribution < 1.29 is 14.4 Å². The van der Waals surface area contributed by atoms with Gasteiger partial charge in [-0.15, -0.1) is 0 Å². The number of aromatic nitrogens is 1. The third-order valence-corrected chi connectivity index (χ3v) is 2.61. The molecule has 2 rings (SSSR count). The predicted molar refractivity (Wildman–Crippen MR) is 61.6 cm³/mol. The molecule has 0 spiro atoms. The number of aromatic amines is 1. The van der Waals surface area contributed by atoms with Crippen LogP contribution in [0.5, 0.6) is 0 Å². The zero-order valence-corrected chi connectivity index (χ0v) is 9.37. The lowest BCUT2D eigenvalue weighted by atomic mass is 9.97. The highest BCUT2D eigenvalue weighted by atomic mass is 16.2. The number of amides is 1. The Balaban J connectivity index is 2.18. The van der Waals surface area contributed by atoms with Gasteiger partial charge in [0.15, 0.2) is 0 Å². The fourth-order valence-corrected chi connectivity index (χ4v) is 1.81. The van der Waals surface area contributed by atoms with E-state index in [1.807, 2.05) is 0 Å². The van der Waals surface area contributed by atoms with Crippen LogP contribution in [0.25, 0.3) is 6.08 Å². The molecule has 0 atom stereocenters. The first-order valence-corrected chi connectivity index (χ1v) is 5.31. The van der Waals surface area contributed by atoms with Crippen molar-refractivity contribution >= 4 is 23.5 Å². The van der Waals surface area contributed by atoms with Crippen LogP contribution in [0.2, 0.25) is 0 Å². The molecule has 0 radical (unpaired) electrons. The van der Waals surface area contributed by atoms with Gasteiger partial charge in [-0.3, -0.25) is 14.4 Å². The van der Waals surface area contributed by atoms with Crippen molar-refractivity contribution in [2.75, 3.05) is 6.54 Å². The number of fused-ring (bicyclic) bond motifs is 1. The molecule has 1 heterocycles. The van der Waals surface area contributed by atoms with E-state index in [0.717, 1.165) is 5.56 Å². The Bertz CT molecular complexity index is 526. The van der Waals surface area contributed by atoms with Gasteiger partial charge in [0.25, 0.3) is 0 Å². The highest BCUT2D eigenvalue weighted by Crippen LogP contribution is 2.21. The first-order valence-electron chi connectivity index (χ1n) is 5.31. The average Bonchev–Trinajstić information content (AvgIpc) is 2.67. The SMILES string of the molecule is CC(=O)NCCc1c[nH]c2c1C(=O)C(=O)C=C2. The van der Waals surface area contributed by atoms with Gasteiger partial charge >= 0.3 is 0 Å². The van der Waals surface area contributed by atoms with Gasteiger partial charge in [0.2, 0.25) is 17.5 Å². The van der Waals surface area contributed by atoms with Crippen molar-refractivity contribution in [3.63, 3.8) is 0 Å². The summed E-state index contributed by atoms with van der Waals surface area (Å²) in [5.41, 5.74) is 1.85. The van der Waals surface area contributed by atoms with E-state index in [1.165, 1.54) is 13.0 Å². The minimum Gasteiger partial charge on any atom is -0.361 e. The third-order valence-electron chi connectivity index (χ3n) is 2.61. The summed E-state index contributed by atoms with van der Waals surface area (Å²) in [7, 11) is 0. The standard InChI is InChI=1S/C12H12N2O3/c1-7(15)13-5-4-8-6-14-9-2-3-10(16)12(17)11(8)9/h2-3,6,14H,4-5H2,1H3,(H,13,15). The lowest BCUT2D eigenvalue weighted by Gasteiger charge is -2.06. The zero-order chi connectivity index (χ0) is 12.4. The molecular formula is C12H12N2O3. The minimum absolute atomic E-state index is 0.114. The third kappa shape index (κ3) is 2.18. The van der Waals surface area contributed by atoms with Gasteiger partial charge in [-0.05, 0) is 24.1 Å². The zero-order valence-electron chi connectivity index (χ0n) is 9.37. The summed E-state index contributed by atoms with van der Waals surface area (Å²) < 4.78 is 0. The summed E-state index contributed by atoms with van der Waals surface area (Å²) in [4.78, 5) is 36.6. The van der Waals surface area contributed by atoms with Crippen molar-refractivity contribution in [1.82, 2.24) is 10.3 Å². The number of nitrogens with one attached hydrogen (secondary N) is 2. The maximum atomic E-state index is 11.7. The van der Waals surface area contributed by atoms with Crippen LogP contribution >= 0.6 is 0 Å². The van der Waals surface area contributed by atoms with E-state index >= 15 is 0 Å². The normalized spacial score (nSPS) is 13.7. The maximum absolute atomic E-state index is 11.7. The Kier molecular flexibility index (Phi) is 2.91. The maximum Gasteiger partial charge on any atom is 0.235 e. The van der Waals surface area contributed by atoms with Crippen LogP contribution in [0.3, 0.4) is 0 Å². The number of hydrogen-bond acceptors (Lipinski definition) is 3. The predicted octanol–water partition coefficient (Wildman–Crippen LogP) is 0.472. The van der Waals surface area contributed by atoms with Gasteiger partial charge in [-0.2, -0.15) is 0 Å². The molecule has 0 bridgehead atoms. The van der Waals surface area contributed by atoms with Crippen LogP contribution < -0.4 is 5.32 Å². The van der Waals surface area contributed by atoms with E-state index in [1.54, 1.807) is 12.3 Å². The second-order valence-electron chi connectivity index (χ2n) is 3.86. The van der Waals surface area contributed by atoms with E-state index in [-0.39, 0.29) is 5.91 Å². The van der Waals surface area contributed by atoms with Crippen molar-refractivity contribution in [1.29, 1.82) is 0 Å². The minimum atomic E-state index is -0.502.